The van der Waals surface area contributed by atoms with Crippen molar-refractivity contribution in [3.8, 4) is 0 Å². The Hall–Kier alpha value is -1.88. The van der Waals surface area contributed by atoms with Crippen LogP contribution in [0.3, 0.4) is 0 Å². The van der Waals surface area contributed by atoms with Crippen molar-refractivity contribution >= 4 is 17.4 Å². The average Bonchev–Trinajstić information content (AvgIpc) is 2.66. The number of aryl methyl sites for hydroxylation is 2. The first-order valence-corrected chi connectivity index (χ1v) is 7.05. The molecule has 21 heavy (non-hydrogen) atoms. The van der Waals surface area contributed by atoms with Crippen molar-refractivity contribution in [3.63, 3.8) is 0 Å². The molecule has 0 unspecified atom stereocenters. The molecule has 0 spiro atoms. The van der Waals surface area contributed by atoms with E-state index in [1.807, 2.05) is 4.57 Å². The van der Waals surface area contributed by atoms with Crippen molar-refractivity contribution in [1.82, 2.24) is 14.5 Å². The molecule has 0 atom stereocenters. The second-order valence-corrected chi connectivity index (χ2v) is 6.37. The number of imidazole rings is 1. The van der Waals surface area contributed by atoms with E-state index in [1.54, 1.807) is 25.8 Å². The van der Waals surface area contributed by atoms with Gasteiger partial charge < -0.3 is 14.6 Å². The molecule has 1 aromatic carbocycles. The van der Waals surface area contributed by atoms with E-state index in [-0.39, 0.29) is 0 Å². The Bertz CT molecular complexity index is 668. The molecule has 0 bridgehead atoms. The van der Waals surface area contributed by atoms with Crippen LogP contribution in [0.5, 0.6) is 0 Å². The molecular weight excluding hydrogens is 266 g/mol. The molecule has 0 saturated carbocycles. The Morgan fingerprint density at radius 1 is 1.33 bits per heavy atom. The number of rotatable bonds is 5. The van der Waals surface area contributed by atoms with Crippen molar-refractivity contribution < 1.29 is 9.90 Å². The monoisotopic (exact) mass is 289 g/mol. The third-order valence-electron chi connectivity index (χ3n) is 3.56. The van der Waals surface area contributed by atoms with Gasteiger partial charge in [-0.3, -0.25) is 4.79 Å². The van der Waals surface area contributed by atoms with E-state index in [0.29, 0.717) is 13.1 Å². The first-order chi connectivity index (χ1) is 9.71. The van der Waals surface area contributed by atoms with Gasteiger partial charge in [-0.1, -0.05) is 0 Å². The van der Waals surface area contributed by atoms with E-state index in [1.165, 1.54) is 11.1 Å². The number of nitrogens with zero attached hydrogens (tertiary/aromatic N) is 3. The van der Waals surface area contributed by atoms with Crippen LogP contribution >= 0.6 is 0 Å². The third-order valence-corrected chi connectivity index (χ3v) is 3.56. The number of amides is 1. The van der Waals surface area contributed by atoms with Gasteiger partial charge in [-0.05, 0) is 51.0 Å². The van der Waals surface area contributed by atoms with Crippen LogP contribution in [0.4, 0.5) is 0 Å². The highest BCUT2D eigenvalue weighted by Gasteiger charge is 2.20. The predicted octanol–water partition coefficient (Wildman–Crippen LogP) is 2.01. The Morgan fingerprint density at radius 3 is 2.52 bits per heavy atom. The highest BCUT2D eigenvalue weighted by Crippen LogP contribution is 2.23. The van der Waals surface area contributed by atoms with Gasteiger partial charge in [0.1, 0.15) is 5.82 Å². The minimum Gasteiger partial charge on any atom is -0.389 e. The molecule has 1 N–H and O–H groups in total. The summed E-state index contributed by atoms with van der Waals surface area (Å²) in [7, 11) is 1.72. The van der Waals surface area contributed by atoms with Crippen LogP contribution in [-0.2, 0) is 17.9 Å². The average molecular weight is 289 g/mol. The highest BCUT2D eigenvalue weighted by atomic mass is 16.3. The number of fused-ring (bicyclic) bond motifs is 1. The summed E-state index contributed by atoms with van der Waals surface area (Å²) in [6.45, 7) is 8.52. The number of carbonyl (C=O) groups is 1. The van der Waals surface area contributed by atoms with Crippen LogP contribution in [0.1, 0.15) is 30.8 Å². The lowest BCUT2D eigenvalue weighted by Crippen LogP contribution is -2.28. The lowest BCUT2D eigenvalue weighted by Gasteiger charge is -2.21. The van der Waals surface area contributed by atoms with Gasteiger partial charge in [0.15, 0.2) is 0 Å². The fourth-order valence-electron chi connectivity index (χ4n) is 2.37. The highest BCUT2D eigenvalue weighted by molar-refractivity contribution is 5.78. The summed E-state index contributed by atoms with van der Waals surface area (Å²) in [6, 6.07) is 4.14. The number of aromatic nitrogens is 2. The van der Waals surface area contributed by atoms with E-state index < -0.39 is 5.60 Å². The minimum atomic E-state index is -0.846. The summed E-state index contributed by atoms with van der Waals surface area (Å²) < 4.78 is 2.00. The van der Waals surface area contributed by atoms with Crippen molar-refractivity contribution in [2.75, 3.05) is 7.05 Å². The second-order valence-electron chi connectivity index (χ2n) is 6.37. The summed E-state index contributed by atoms with van der Waals surface area (Å²) >= 11 is 0. The Morgan fingerprint density at radius 2 is 1.95 bits per heavy atom. The number of benzene rings is 1. The van der Waals surface area contributed by atoms with Crippen LogP contribution in [0.2, 0.25) is 0 Å². The summed E-state index contributed by atoms with van der Waals surface area (Å²) in [5.41, 5.74) is 3.42. The number of hydrogen-bond acceptors (Lipinski definition) is 3. The van der Waals surface area contributed by atoms with Gasteiger partial charge in [0.2, 0.25) is 6.41 Å². The molecular formula is C16H23N3O2. The van der Waals surface area contributed by atoms with Gasteiger partial charge >= 0.3 is 0 Å². The standard InChI is InChI=1S/C16H23N3O2/c1-11-6-13-14(7-12(11)2)19(9-16(3,4)21)15(17-13)8-18(5)10-20/h6-7,10,21H,8-9H2,1-5H3. The molecule has 1 heterocycles. The van der Waals surface area contributed by atoms with E-state index in [2.05, 4.69) is 31.0 Å². The van der Waals surface area contributed by atoms with Crippen molar-refractivity contribution in [2.45, 2.75) is 46.4 Å². The zero-order chi connectivity index (χ0) is 15.8. The van der Waals surface area contributed by atoms with E-state index >= 15 is 0 Å². The SMILES string of the molecule is Cc1cc2nc(CN(C)C=O)n(CC(C)(C)O)c2cc1C. The first-order valence-electron chi connectivity index (χ1n) is 7.05. The fraction of sp³-hybridized carbons (Fsp3) is 0.500. The molecule has 0 fully saturated rings. The zero-order valence-corrected chi connectivity index (χ0v) is 13.3. The molecule has 0 aliphatic carbocycles. The van der Waals surface area contributed by atoms with Gasteiger partial charge in [0.05, 0.1) is 29.7 Å². The van der Waals surface area contributed by atoms with Crippen molar-refractivity contribution in [1.29, 1.82) is 0 Å². The predicted molar refractivity (Wildman–Crippen MR) is 83.0 cm³/mol. The Kier molecular flexibility index (Phi) is 4.05. The quantitative estimate of drug-likeness (QED) is 0.857. The largest absolute Gasteiger partial charge is 0.389 e. The summed E-state index contributed by atoms with van der Waals surface area (Å²) in [4.78, 5) is 17.1. The number of aliphatic hydroxyl groups is 1. The smallest absolute Gasteiger partial charge is 0.209 e. The molecule has 0 radical (unpaired) electrons. The van der Waals surface area contributed by atoms with E-state index in [0.717, 1.165) is 23.3 Å². The number of carbonyl (C=O) groups excluding carboxylic acids is 1. The maximum atomic E-state index is 10.9. The summed E-state index contributed by atoms with van der Waals surface area (Å²) in [5, 5.41) is 10.2. The van der Waals surface area contributed by atoms with E-state index in [9.17, 15) is 9.90 Å². The zero-order valence-electron chi connectivity index (χ0n) is 13.3. The molecule has 1 aromatic heterocycles. The molecule has 5 heteroatoms. The molecule has 2 aromatic rings. The molecule has 2 rings (SSSR count). The summed E-state index contributed by atoms with van der Waals surface area (Å²) in [6.07, 6.45) is 0.782. The third kappa shape index (κ3) is 3.42. The maximum Gasteiger partial charge on any atom is 0.209 e. The lowest BCUT2D eigenvalue weighted by molar-refractivity contribution is -0.117. The normalized spacial score (nSPS) is 11.9. The topological polar surface area (TPSA) is 58.4 Å². The molecule has 5 nitrogen and oxygen atoms in total. The Balaban J connectivity index is 2.59. The van der Waals surface area contributed by atoms with Gasteiger partial charge in [0, 0.05) is 7.05 Å². The molecule has 0 saturated heterocycles. The van der Waals surface area contributed by atoms with Crippen LogP contribution in [0.15, 0.2) is 12.1 Å². The van der Waals surface area contributed by atoms with Crippen molar-refractivity contribution in [3.05, 3.63) is 29.1 Å². The maximum absolute atomic E-state index is 10.9. The molecule has 0 aliphatic heterocycles. The van der Waals surface area contributed by atoms with Crippen LogP contribution in [0, 0.1) is 13.8 Å². The van der Waals surface area contributed by atoms with Crippen LogP contribution in [-0.4, -0.2) is 38.6 Å². The van der Waals surface area contributed by atoms with Gasteiger partial charge in [-0.25, -0.2) is 4.98 Å². The van der Waals surface area contributed by atoms with Crippen LogP contribution < -0.4 is 0 Å². The first kappa shape index (κ1) is 15.5. The fourth-order valence-corrected chi connectivity index (χ4v) is 2.37. The van der Waals surface area contributed by atoms with Crippen LogP contribution in [0.25, 0.3) is 11.0 Å². The van der Waals surface area contributed by atoms with Gasteiger partial charge in [-0.15, -0.1) is 0 Å². The second kappa shape index (κ2) is 5.48. The van der Waals surface area contributed by atoms with Gasteiger partial charge in [0.25, 0.3) is 0 Å². The lowest BCUT2D eigenvalue weighted by atomic mass is 10.1. The summed E-state index contributed by atoms with van der Waals surface area (Å²) in [5.74, 6) is 0.784. The molecule has 114 valence electrons. The molecule has 0 aliphatic rings. The Labute approximate surface area is 125 Å². The van der Waals surface area contributed by atoms with Gasteiger partial charge in [-0.2, -0.15) is 0 Å². The van der Waals surface area contributed by atoms with E-state index in [4.69, 9.17) is 0 Å². The molecule has 1 amide bonds. The van der Waals surface area contributed by atoms with Crippen molar-refractivity contribution in [2.24, 2.45) is 0 Å². The number of hydrogen-bond donors (Lipinski definition) is 1. The minimum absolute atomic E-state index is 0.423.